The maximum absolute atomic E-state index is 11.8. The number of aliphatic hydroxyl groups is 1. The minimum absolute atomic E-state index is 0.0204. The molecule has 0 saturated carbocycles. The normalized spacial score (nSPS) is 12.8. The van der Waals surface area contributed by atoms with Crippen molar-refractivity contribution in [1.82, 2.24) is 10.3 Å². The van der Waals surface area contributed by atoms with E-state index in [-0.39, 0.29) is 18.6 Å². The molecular formula is C12H20N2O2. The average Bonchev–Trinajstić information content (AvgIpc) is 2.62. The Morgan fingerprint density at radius 3 is 2.69 bits per heavy atom. The van der Waals surface area contributed by atoms with Crippen LogP contribution < -0.4 is 5.32 Å². The van der Waals surface area contributed by atoms with Gasteiger partial charge in [0, 0.05) is 11.9 Å². The molecule has 3 N–H and O–H groups in total. The van der Waals surface area contributed by atoms with Gasteiger partial charge in [0.05, 0.1) is 18.2 Å². The molecule has 1 amide bonds. The van der Waals surface area contributed by atoms with Crippen LogP contribution in [0.3, 0.4) is 0 Å². The summed E-state index contributed by atoms with van der Waals surface area (Å²) in [6, 6.07) is 1.58. The molecule has 0 aliphatic heterocycles. The summed E-state index contributed by atoms with van der Waals surface area (Å²) in [5.41, 5.74) is 1.49. The first-order chi connectivity index (χ1) is 7.54. The number of hydrogen-bond donors (Lipinski definition) is 3. The summed E-state index contributed by atoms with van der Waals surface area (Å²) in [7, 11) is 0. The Bertz CT molecular complexity index is 345. The van der Waals surface area contributed by atoms with E-state index in [1.54, 1.807) is 12.3 Å². The fourth-order valence-electron chi connectivity index (χ4n) is 1.71. The number of carbonyl (C=O) groups is 1. The molecule has 0 spiro atoms. The highest BCUT2D eigenvalue weighted by Crippen LogP contribution is 2.08. The van der Waals surface area contributed by atoms with Crippen molar-refractivity contribution >= 4 is 5.91 Å². The van der Waals surface area contributed by atoms with E-state index < -0.39 is 0 Å². The minimum atomic E-state index is -0.165. The van der Waals surface area contributed by atoms with Gasteiger partial charge in [0.15, 0.2) is 0 Å². The fourth-order valence-corrected chi connectivity index (χ4v) is 1.71. The van der Waals surface area contributed by atoms with Crippen molar-refractivity contribution in [2.45, 2.75) is 33.2 Å². The third kappa shape index (κ3) is 3.38. The molecular weight excluding hydrogens is 204 g/mol. The van der Waals surface area contributed by atoms with E-state index >= 15 is 0 Å². The number of amides is 1. The predicted molar refractivity (Wildman–Crippen MR) is 63.3 cm³/mol. The van der Waals surface area contributed by atoms with Crippen molar-refractivity contribution in [3.05, 3.63) is 23.5 Å². The van der Waals surface area contributed by atoms with Crippen LogP contribution in [-0.4, -0.2) is 28.6 Å². The molecule has 1 heterocycles. The Kier molecular flexibility index (Phi) is 4.55. The summed E-state index contributed by atoms with van der Waals surface area (Å²) in [5.74, 6) is 0.322. The van der Waals surface area contributed by atoms with Crippen LogP contribution in [0.1, 0.15) is 36.3 Å². The van der Waals surface area contributed by atoms with Gasteiger partial charge in [0.1, 0.15) is 0 Å². The second-order valence-corrected chi connectivity index (χ2v) is 4.50. The molecule has 0 radical (unpaired) electrons. The number of aromatic amines is 1. The van der Waals surface area contributed by atoms with Gasteiger partial charge in [-0.15, -0.1) is 0 Å². The van der Waals surface area contributed by atoms with E-state index in [1.807, 2.05) is 6.92 Å². The number of nitrogens with one attached hydrogen (secondary N) is 2. The first kappa shape index (κ1) is 12.8. The smallest absolute Gasteiger partial charge is 0.253 e. The Hall–Kier alpha value is -1.29. The standard InChI is InChI=1S/C12H20N2O2/c1-8(2)6-10(7-15)14-12(16)11-4-5-13-9(11)3/h4-5,8,10,13,15H,6-7H2,1-3H3,(H,14,16). The van der Waals surface area contributed by atoms with Crippen LogP contribution in [0.15, 0.2) is 12.3 Å². The van der Waals surface area contributed by atoms with Gasteiger partial charge in [-0.25, -0.2) is 0 Å². The molecule has 0 bridgehead atoms. The van der Waals surface area contributed by atoms with E-state index in [2.05, 4.69) is 24.1 Å². The molecule has 4 nitrogen and oxygen atoms in total. The molecule has 0 aliphatic rings. The molecule has 0 saturated heterocycles. The van der Waals surface area contributed by atoms with Crippen molar-refractivity contribution in [3.8, 4) is 0 Å². The zero-order valence-electron chi connectivity index (χ0n) is 10.1. The Morgan fingerprint density at radius 1 is 1.56 bits per heavy atom. The lowest BCUT2D eigenvalue weighted by Crippen LogP contribution is -2.38. The van der Waals surface area contributed by atoms with Gasteiger partial charge < -0.3 is 15.4 Å². The number of aryl methyl sites for hydroxylation is 1. The Morgan fingerprint density at radius 2 is 2.25 bits per heavy atom. The van der Waals surface area contributed by atoms with Gasteiger partial charge in [-0.3, -0.25) is 4.79 Å². The third-order valence-corrected chi connectivity index (χ3v) is 2.51. The molecule has 1 atom stereocenters. The summed E-state index contributed by atoms with van der Waals surface area (Å²) in [5, 5.41) is 12.0. The number of hydrogen-bond acceptors (Lipinski definition) is 2. The highest BCUT2D eigenvalue weighted by atomic mass is 16.3. The van der Waals surface area contributed by atoms with Crippen molar-refractivity contribution in [3.63, 3.8) is 0 Å². The van der Waals surface area contributed by atoms with Gasteiger partial charge in [0.2, 0.25) is 0 Å². The average molecular weight is 224 g/mol. The lowest BCUT2D eigenvalue weighted by molar-refractivity contribution is 0.0908. The number of carbonyl (C=O) groups excluding carboxylic acids is 1. The van der Waals surface area contributed by atoms with Crippen LogP contribution in [0.2, 0.25) is 0 Å². The molecule has 0 aliphatic carbocycles. The monoisotopic (exact) mass is 224 g/mol. The number of aliphatic hydroxyl groups excluding tert-OH is 1. The Labute approximate surface area is 96.1 Å². The molecule has 16 heavy (non-hydrogen) atoms. The molecule has 1 aromatic rings. The summed E-state index contributed by atoms with van der Waals surface area (Å²) in [6.45, 7) is 5.96. The summed E-state index contributed by atoms with van der Waals surface area (Å²) >= 11 is 0. The third-order valence-electron chi connectivity index (χ3n) is 2.51. The van der Waals surface area contributed by atoms with Crippen molar-refractivity contribution < 1.29 is 9.90 Å². The molecule has 1 rings (SSSR count). The van der Waals surface area contributed by atoms with Gasteiger partial charge in [-0.1, -0.05) is 13.8 Å². The van der Waals surface area contributed by atoms with E-state index in [0.717, 1.165) is 12.1 Å². The van der Waals surface area contributed by atoms with Crippen molar-refractivity contribution in [2.24, 2.45) is 5.92 Å². The SMILES string of the molecule is Cc1[nH]ccc1C(=O)NC(CO)CC(C)C. The first-order valence-electron chi connectivity index (χ1n) is 5.60. The quantitative estimate of drug-likeness (QED) is 0.709. The molecule has 0 fully saturated rings. The number of aromatic nitrogens is 1. The lowest BCUT2D eigenvalue weighted by Gasteiger charge is -2.18. The van der Waals surface area contributed by atoms with Gasteiger partial charge in [-0.05, 0) is 25.3 Å². The molecule has 4 heteroatoms. The van der Waals surface area contributed by atoms with Crippen LogP contribution in [0.4, 0.5) is 0 Å². The largest absolute Gasteiger partial charge is 0.394 e. The highest BCUT2D eigenvalue weighted by molar-refractivity contribution is 5.95. The maximum Gasteiger partial charge on any atom is 0.253 e. The van der Waals surface area contributed by atoms with Gasteiger partial charge in [0.25, 0.3) is 5.91 Å². The molecule has 90 valence electrons. The molecule has 0 aromatic carbocycles. The van der Waals surface area contributed by atoms with E-state index in [1.165, 1.54) is 0 Å². The second-order valence-electron chi connectivity index (χ2n) is 4.50. The van der Waals surface area contributed by atoms with Gasteiger partial charge >= 0.3 is 0 Å². The zero-order valence-corrected chi connectivity index (χ0v) is 10.1. The predicted octanol–water partition coefficient (Wildman–Crippen LogP) is 1.46. The Balaban J connectivity index is 2.59. The lowest BCUT2D eigenvalue weighted by atomic mass is 10.0. The zero-order chi connectivity index (χ0) is 12.1. The van der Waals surface area contributed by atoms with E-state index in [4.69, 9.17) is 5.11 Å². The topological polar surface area (TPSA) is 65.1 Å². The minimum Gasteiger partial charge on any atom is -0.394 e. The van der Waals surface area contributed by atoms with Crippen LogP contribution in [0, 0.1) is 12.8 Å². The van der Waals surface area contributed by atoms with Crippen molar-refractivity contribution in [1.29, 1.82) is 0 Å². The first-order valence-corrected chi connectivity index (χ1v) is 5.60. The summed E-state index contributed by atoms with van der Waals surface area (Å²) in [6.07, 6.45) is 2.52. The molecule has 1 aromatic heterocycles. The fraction of sp³-hybridized carbons (Fsp3) is 0.583. The summed E-state index contributed by atoms with van der Waals surface area (Å²) < 4.78 is 0. The van der Waals surface area contributed by atoms with Gasteiger partial charge in [-0.2, -0.15) is 0 Å². The summed E-state index contributed by atoms with van der Waals surface area (Å²) in [4.78, 5) is 14.8. The van der Waals surface area contributed by atoms with E-state index in [9.17, 15) is 4.79 Å². The number of H-pyrrole nitrogens is 1. The highest BCUT2D eigenvalue weighted by Gasteiger charge is 2.15. The molecule has 1 unspecified atom stereocenters. The van der Waals surface area contributed by atoms with Crippen molar-refractivity contribution in [2.75, 3.05) is 6.61 Å². The van der Waals surface area contributed by atoms with Crippen LogP contribution in [-0.2, 0) is 0 Å². The maximum atomic E-state index is 11.8. The second kappa shape index (κ2) is 5.70. The van der Waals surface area contributed by atoms with Crippen LogP contribution in [0.5, 0.6) is 0 Å². The van der Waals surface area contributed by atoms with E-state index in [0.29, 0.717) is 11.5 Å². The van der Waals surface area contributed by atoms with Crippen LogP contribution in [0.25, 0.3) is 0 Å². The number of rotatable bonds is 5. The van der Waals surface area contributed by atoms with Crippen LogP contribution >= 0.6 is 0 Å².